The molecule has 1 fully saturated rings. The van der Waals surface area contributed by atoms with E-state index in [0.29, 0.717) is 25.5 Å². The summed E-state index contributed by atoms with van der Waals surface area (Å²) in [7, 11) is -1.91. The van der Waals surface area contributed by atoms with Gasteiger partial charge in [-0.05, 0) is 24.5 Å². The van der Waals surface area contributed by atoms with Crippen molar-refractivity contribution in [1.82, 2.24) is 4.31 Å². The molecule has 18 heavy (non-hydrogen) atoms. The molecule has 1 aromatic heterocycles. The zero-order valence-corrected chi connectivity index (χ0v) is 11.7. The van der Waals surface area contributed by atoms with Gasteiger partial charge in [-0.2, -0.15) is 4.31 Å². The number of hydrogen-bond donors (Lipinski definition) is 0. The van der Waals surface area contributed by atoms with Crippen LogP contribution in [0.3, 0.4) is 0 Å². The Morgan fingerprint density at radius 3 is 2.94 bits per heavy atom. The summed E-state index contributed by atoms with van der Waals surface area (Å²) in [6.07, 6.45) is 0.816. The van der Waals surface area contributed by atoms with E-state index in [-0.39, 0.29) is 16.9 Å². The zero-order valence-electron chi connectivity index (χ0n) is 10.1. The van der Waals surface area contributed by atoms with Crippen LogP contribution in [0.2, 0.25) is 0 Å². The van der Waals surface area contributed by atoms with Crippen molar-refractivity contribution in [2.45, 2.75) is 17.4 Å². The third-order valence-electron chi connectivity index (χ3n) is 3.01. The van der Waals surface area contributed by atoms with Crippen LogP contribution in [0.4, 0.5) is 0 Å². The molecule has 0 saturated carbocycles. The number of sulfonamides is 1. The molecule has 1 aliphatic rings. The molecule has 7 heteroatoms. The lowest BCUT2D eigenvalue weighted by Crippen LogP contribution is -2.29. The van der Waals surface area contributed by atoms with Crippen molar-refractivity contribution in [3.05, 3.63) is 17.9 Å². The van der Waals surface area contributed by atoms with Gasteiger partial charge in [0.2, 0.25) is 5.09 Å². The molecule has 1 aliphatic heterocycles. The van der Waals surface area contributed by atoms with Gasteiger partial charge in [0.05, 0.1) is 12.5 Å². The Kier molecular flexibility index (Phi) is 4.32. The van der Waals surface area contributed by atoms with Crippen molar-refractivity contribution in [2.24, 2.45) is 5.92 Å². The molecule has 1 unspecified atom stereocenters. The van der Waals surface area contributed by atoms with E-state index >= 15 is 0 Å². The van der Waals surface area contributed by atoms with Crippen LogP contribution in [-0.2, 0) is 20.6 Å². The third-order valence-corrected chi connectivity index (χ3v) is 5.02. The number of furan rings is 1. The highest BCUT2D eigenvalue weighted by Gasteiger charge is 2.34. The Morgan fingerprint density at radius 2 is 2.33 bits per heavy atom. The molecule has 1 atom stereocenters. The van der Waals surface area contributed by atoms with Gasteiger partial charge in [0.25, 0.3) is 10.0 Å². The lowest BCUT2D eigenvalue weighted by Gasteiger charge is -2.14. The second kappa shape index (κ2) is 5.61. The summed E-state index contributed by atoms with van der Waals surface area (Å²) in [5.41, 5.74) is 0. The van der Waals surface area contributed by atoms with E-state index in [2.05, 4.69) is 0 Å². The first-order valence-corrected chi connectivity index (χ1v) is 7.69. The van der Waals surface area contributed by atoms with E-state index in [1.165, 1.54) is 10.4 Å². The molecule has 102 valence electrons. The predicted molar refractivity (Wildman–Crippen MR) is 67.0 cm³/mol. The van der Waals surface area contributed by atoms with Gasteiger partial charge in [0.15, 0.2) is 0 Å². The average Bonchev–Trinajstić information content (AvgIpc) is 2.98. The Labute approximate surface area is 112 Å². The SMILES string of the molecule is COCC1CCN(S(=O)(=O)c2ccc(CCl)o2)C1. The van der Waals surface area contributed by atoms with E-state index in [9.17, 15) is 8.42 Å². The lowest BCUT2D eigenvalue weighted by atomic mass is 10.1. The second-order valence-electron chi connectivity index (χ2n) is 4.33. The Balaban J connectivity index is 2.12. The molecule has 2 rings (SSSR count). The first kappa shape index (κ1) is 13.9. The summed E-state index contributed by atoms with van der Waals surface area (Å²) < 4.78 is 36.2. The summed E-state index contributed by atoms with van der Waals surface area (Å²) in [4.78, 5) is 0. The van der Waals surface area contributed by atoms with Gasteiger partial charge in [-0.1, -0.05) is 0 Å². The summed E-state index contributed by atoms with van der Waals surface area (Å²) in [5, 5.41) is -0.0313. The molecule has 0 aromatic carbocycles. The first-order chi connectivity index (χ1) is 8.57. The average molecular weight is 294 g/mol. The normalized spacial score (nSPS) is 21.6. The minimum absolute atomic E-state index is 0.0313. The van der Waals surface area contributed by atoms with Crippen LogP contribution in [-0.4, -0.2) is 39.5 Å². The fourth-order valence-electron chi connectivity index (χ4n) is 2.08. The van der Waals surface area contributed by atoms with Crippen molar-refractivity contribution in [2.75, 3.05) is 26.8 Å². The largest absolute Gasteiger partial charge is 0.447 e. The number of methoxy groups -OCH3 is 1. The minimum Gasteiger partial charge on any atom is -0.447 e. The Bertz CT molecular complexity index is 499. The van der Waals surface area contributed by atoms with Gasteiger partial charge in [0, 0.05) is 20.2 Å². The molecule has 2 heterocycles. The van der Waals surface area contributed by atoms with Crippen LogP contribution in [0.1, 0.15) is 12.2 Å². The predicted octanol–water partition coefficient (Wildman–Crippen LogP) is 1.68. The summed E-state index contributed by atoms with van der Waals surface area (Å²) >= 11 is 5.60. The van der Waals surface area contributed by atoms with Crippen LogP contribution in [0.5, 0.6) is 0 Å². The molecular formula is C11H16ClNO4S. The molecule has 5 nitrogen and oxygen atoms in total. The maximum Gasteiger partial charge on any atom is 0.276 e. The molecule has 0 bridgehead atoms. The van der Waals surface area contributed by atoms with E-state index < -0.39 is 10.0 Å². The lowest BCUT2D eigenvalue weighted by molar-refractivity contribution is 0.157. The number of ether oxygens (including phenoxy) is 1. The second-order valence-corrected chi connectivity index (χ2v) is 6.46. The summed E-state index contributed by atoms with van der Waals surface area (Å²) in [6.45, 7) is 1.57. The maximum absolute atomic E-state index is 12.3. The standard InChI is InChI=1S/C11H16ClNO4S/c1-16-8-9-4-5-13(7-9)18(14,15)11-3-2-10(6-12)17-11/h2-3,9H,4-8H2,1H3. The molecule has 0 amide bonds. The number of rotatable bonds is 5. The highest BCUT2D eigenvalue weighted by molar-refractivity contribution is 7.89. The fraction of sp³-hybridized carbons (Fsp3) is 0.636. The smallest absolute Gasteiger partial charge is 0.276 e. The van der Waals surface area contributed by atoms with Gasteiger partial charge < -0.3 is 9.15 Å². The number of nitrogens with zero attached hydrogens (tertiary/aromatic N) is 1. The van der Waals surface area contributed by atoms with Crippen molar-refractivity contribution in [3.63, 3.8) is 0 Å². The van der Waals surface area contributed by atoms with Crippen LogP contribution < -0.4 is 0 Å². The van der Waals surface area contributed by atoms with Crippen LogP contribution >= 0.6 is 11.6 Å². The third kappa shape index (κ3) is 2.71. The van der Waals surface area contributed by atoms with E-state index in [4.69, 9.17) is 20.8 Å². The van der Waals surface area contributed by atoms with E-state index in [1.54, 1.807) is 13.2 Å². The number of hydrogen-bond acceptors (Lipinski definition) is 4. The van der Waals surface area contributed by atoms with Crippen LogP contribution in [0.25, 0.3) is 0 Å². The van der Waals surface area contributed by atoms with Gasteiger partial charge in [-0.15, -0.1) is 11.6 Å². The van der Waals surface area contributed by atoms with Crippen molar-refractivity contribution in [1.29, 1.82) is 0 Å². The molecule has 0 spiro atoms. The highest BCUT2D eigenvalue weighted by atomic mass is 35.5. The van der Waals surface area contributed by atoms with Gasteiger partial charge in [-0.3, -0.25) is 0 Å². The van der Waals surface area contributed by atoms with Crippen LogP contribution in [0, 0.1) is 5.92 Å². The fourth-order valence-corrected chi connectivity index (χ4v) is 3.69. The zero-order chi connectivity index (χ0) is 13.2. The number of halogens is 1. The van der Waals surface area contributed by atoms with Gasteiger partial charge >= 0.3 is 0 Å². The van der Waals surface area contributed by atoms with Crippen molar-refractivity contribution < 1.29 is 17.6 Å². The van der Waals surface area contributed by atoms with E-state index in [0.717, 1.165) is 6.42 Å². The minimum atomic E-state index is -3.53. The van der Waals surface area contributed by atoms with Crippen molar-refractivity contribution >= 4 is 21.6 Å². The highest BCUT2D eigenvalue weighted by Crippen LogP contribution is 2.26. The summed E-state index contributed by atoms with van der Waals surface area (Å²) in [6, 6.07) is 3.04. The monoisotopic (exact) mass is 293 g/mol. The first-order valence-electron chi connectivity index (χ1n) is 5.71. The Morgan fingerprint density at radius 1 is 1.56 bits per heavy atom. The van der Waals surface area contributed by atoms with Gasteiger partial charge in [0.1, 0.15) is 5.76 Å². The maximum atomic E-state index is 12.3. The summed E-state index contributed by atoms with van der Waals surface area (Å²) in [5.74, 6) is 0.886. The molecular weight excluding hydrogens is 278 g/mol. The molecule has 0 N–H and O–H groups in total. The quantitative estimate of drug-likeness (QED) is 0.775. The van der Waals surface area contributed by atoms with Crippen molar-refractivity contribution in [3.8, 4) is 0 Å². The molecule has 0 aliphatic carbocycles. The molecule has 0 radical (unpaired) electrons. The topological polar surface area (TPSA) is 59.8 Å². The molecule has 1 aromatic rings. The molecule has 1 saturated heterocycles. The van der Waals surface area contributed by atoms with Gasteiger partial charge in [-0.25, -0.2) is 8.42 Å². The Hall–Kier alpha value is -0.560. The van der Waals surface area contributed by atoms with Crippen LogP contribution in [0.15, 0.2) is 21.6 Å². The number of alkyl halides is 1. The van der Waals surface area contributed by atoms with E-state index in [1.807, 2.05) is 0 Å².